The van der Waals surface area contributed by atoms with Crippen molar-refractivity contribution >= 4 is 23.6 Å². The molecule has 34 heavy (non-hydrogen) atoms. The minimum Gasteiger partial charge on any atom is -0.410 e. The molecule has 0 spiro atoms. The zero-order chi connectivity index (χ0) is 24.2. The van der Waals surface area contributed by atoms with Crippen molar-refractivity contribution in [2.45, 2.75) is 44.7 Å². The van der Waals surface area contributed by atoms with E-state index < -0.39 is 11.9 Å². The Kier molecular flexibility index (Phi) is 7.73. The summed E-state index contributed by atoms with van der Waals surface area (Å²) < 4.78 is 18.9. The van der Waals surface area contributed by atoms with E-state index in [-0.39, 0.29) is 35.6 Å². The molecule has 4 rings (SSSR count). The molecule has 0 saturated carbocycles. The summed E-state index contributed by atoms with van der Waals surface area (Å²) in [6, 6.07) is 12.5. The van der Waals surface area contributed by atoms with E-state index in [1.54, 1.807) is 4.90 Å². The molecule has 0 radical (unpaired) electrons. The van der Waals surface area contributed by atoms with E-state index in [1.807, 2.05) is 43.0 Å². The number of carbonyl (C=O) groups excluding carboxylic acids is 2. The second kappa shape index (κ2) is 10.7. The largest absolute Gasteiger partial charge is 0.415 e. The molecule has 1 N–H and O–H groups in total. The van der Waals surface area contributed by atoms with Crippen molar-refractivity contribution < 1.29 is 18.7 Å². The normalized spacial score (nSPS) is 21.0. The van der Waals surface area contributed by atoms with Crippen molar-refractivity contribution in [2.24, 2.45) is 5.92 Å². The quantitative estimate of drug-likeness (QED) is 0.665. The Morgan fingerprint density at radius 2 is 1.71 bits per heavy atom. The Morgan fingerprint density at radius 3 is 2.32 bits per heavy atom. The first-order valence-electron chi connectivity index (χ1n) is 11.8. The third kappa shape index (κ3) is 5.53. The monoisotopic (exact) mass is 487 g/mol. The van der Waals surface area contributed by atoms with Crippen LogP contribution in [0.2, 0.25) is 5.02 Å². The molecule has 2 atom stereocenters. The van der Waals surface area contributed by atoms with Crippen molar-refractivity contribution in [1.29, 1.82) is 0 Å². The first-order valence-corrected chi connectivity index (χ1v) is 12.2. The van der Waals surface area contributed by atoms with Gasteiger partial charge in [-0.05, 0) is 81.7 Å². The van der Waals surface area contributed by atoms with Crippen LogP contribution in [0.5, 0.6) is 5.75 Å². The number of hydrogen-bond acceptors (Lipinski definition) is 4. The maximum absolute atomic E-state index is 13.4. The number of piperidine rings is 1. The summed E-state index contributed by atoms with van der Waals surface area (Å²) in [4.78, 5) is 30.3. The third-order valence-electron chi connectivity index (χ3n) is 6.73. The Balaban J connectivity index is 1.60. The highest BCUT2D eigenvalue weighted by molar-refractivity contribution is 6.30. The van der Waals surface area contributed by atoms with Gasteiger partial charge in [-0.2, -0.15) is 0 Å². The molecule has 2 heterocycles. The first kappa shape index (κ1) is 24.5. The van der Waals surface area contributed by atoms with Gasteiger partial charge >= 0.3 is 6.09 Å². The lowest BCUT2D eigenvalue weighted by atomic mass is 9.92. The van der Waals surface area contributed by atoms with Gasteiger partial charge in [-0.3, -0.25) is 9.69 Å². The van der Waals surface area contributed by atoms with Crippen LogP contribution in [0, 0.1) is 11.7 Å². The summed E-state index contributed by atoms with van der Waals surface area (Å²) in [5, 5.41) is 3.94. The molecule has 2 fully saturated rings. The molecule has 2 aliphatic rings. The van der Waals surface area contributed by atoms with Crippen LogP contribution in [0.4, 0.5) is 9.18 Å². The van der Waals surface area contributed by atoms with Crippen LogP contribution in [0.3, 0.4) is 0 Å². The maximum atomic E-state index is 13.4. The fraction of sp³-hybridized carbons (Fsp3) is 0.462. The van der Waals surface area contributed by atoms with Gasteiger partial charge in [0.05, 0.1) is 6.04 Å². The Labute approximate surface area is 205 Å². The number of benzene rings is 2. The zero-order valence-electron chi connectivity index (χ0n) is 19.5. The predicted octanol–water partition coefficient (Wildman–Crippen LogP) is 4.68. The molecule has 0 bridgehead atoms. The third-order valence-corrected chi connectivity index (χ3v) is 6.98. The van der Waals surface area contributed by atoms with E-state index in [1.165, 1.54) is 24.3 Å². The van der Waals surface area contributed by atoms with Crippen LogP contribution in [-0.4, -0.2) is 60.1 Å². The number of carbonyl (C=O) groups is 2. The lowest BCUT2D eigenvalue weighted by Crippen LogP contribution is -2.50. The van der Waals surface area contributed by atoms with Crippen LogP contribution in [0.15, 0.2) is 48.5 Å². The average molecular weight is 488 g/mol. The zero-order valence-corrected chi connectivity index (χ0v) is 20.3. The Bertz CT molecular complexity index is 993. The summed E-state index contributed by atoms with van der Waals surface area (Å²) in [6.45, 7) is 6.52. The number of amides is 2. The summed E-state index contributed by atoms with van der Waals surface area (Å²) in [7, 11) is 0. The van der Waals surface area contributed by atoms with E-state index in [0.717, 1.165) is 31.5 Å². The number of rotatable bonds is 5. The number of halogens is 2. The molecule has 2 aromatic carbocycles. The summed E-state index contributed by atoms with van der Waals surface area (Å²) in [6.07, 6.45) is 1.14. The molecule has 182 valence electrons. The van der Waals surface area contributed by atoms with Crippen LogP contribution in [-0.2, 0) is 4.79 Å². The van der Waals surface area contributed by atoms with Crippen molar-refractivity contribution in [3.8, 4) is 5.75 Å². The SMILES string of the molecule is CC(C)N(C(=O)Oc1ccc(F)cc1)[C@H]1CN(C(=O)C2CCNCC2)C[C@@H]1c1ccc(Cl)cc1. The minimum absolute atomic E-state index is 0.00420. The first-order chi connectivity index (χ1) is 16.3. The fourth-order valence-corrected chi connectivity index (χ4v) is 5.12. The number of ether oxygens (including phenoxy) is 1. The molecule has 0 aliphatic carbocycles. The van der Waals surface area contributed by atoms with E-state index >= 15 is 0 Å². The van der Waals surface area contributed by atoms with Crippen LogP contribution >= 0.6 is 11.6 Å². The van der Waals surface area contributed by atoms with Gasteiger partial charge in [-0.25, -0.2) is 9.18 Å². The fourth-order valence-electron chi connectivity index (χ4n) is 5.00. The van der Waals surface area contributed by atoms with E-state index in [9.17, 15) is 14.0 Å². The van der Waals surface area contributed by atoms with E-state index in [4.69, 9.17) is 16.3 Å². The van der Waals surface area contributed by atoms with Crippen molar-refractivity contribution in [1.82, 2.24) is 15.1 Å². The van der Waals surface area contributed by atoms with Gasteiger partial charge in [-0.1, -0.05) is 23.7 Å². The highest BCUT2D eigenvalue weighted by Gasteiger charge is 2.44. The highest BCUT2D eigenvalue weighted by Crippen LogP contribution is 2.35. The lowest BCUT2D eigenvalue weighted by molar-refractivity contribution is -0.135. The molecule has 2 aromatic rings. The number of hydrogen-bond donors (Lipinski definition) is 1. The van der Waals surface area contributed by atoms with Gasteiger partial charge in [0, 0.05) is 36.0 Å². The minimum atomic E-state index is -0.512. The van der Waals surface area contributed by atoms with Gasteiger partial charge < -0.3 is 15.0 Å². The van der Waals surface area contributed by atoms with Gasteiger partial charge in [0.2, 0.25) is 5.91 Å². The lowest BCUT2D eigenvalue weighted by Gasteiger charge is -2.35. The number of nitrogens with one attached hydrogen (secondary N) is 1. The molecule has 2 amide bonds. The number of nitrogens with zero attached hydrogens (tertiary/aromatic N) is 2. The summed E-state index contributed by atoms with van der Waals surface area (Å²) in [5.41, 5.74) is 1.02. The molecular formula is C26H31ClFN3O3. The van der Waals surface area contributed by atoms with Crippen LogP contribution in [0.1, 0.15) is 38.2 Å². The summed E-state index contributed by atoms with van der Waals surface area (Å²) >= 11 is 6.12. The highest BCUT2D eigenvalue weighted by atomic mass is 35.5. The second-order valence-corrected chi connectivity index (χ2v) is 9.75. The molecule has 8 heteroatoms. The Hall–Kier alpha value is -2.64. The van der Waals surface area contributed by atoms with Gasteiger partial charge in [0.15, 0.2) is 0 Å². The van der Waals surface area contributed by atoms with Crippen LogP contribution in [0.25, 0.3) is 0 Å². The van der Waals surface area contributed by atoms with E-state index in [0.29, 0.717) is 18.1 Å². The van der Waals surface area contributed by atoms with Crippen molar-refractivity contribution in [3.63, 3.8) is 0 Å². The average Bonchev–Trinajstić information content (AvgIpc) is 3.25. The maximum Gasteiger partial charge on any atom is 0.415 e. The smallest absolute Gasteiger partial charge is 0.410 e. The summed E-state index contributed by atoms with van der Waals surface area (Å²) in [5.74, 6) is -0.0406. The topological polar surface area (TPSA) is 61.9 Å². The molecule has 2 aliphatic heterocycles. The molecule has 2 saturated heterocycles. The predicted molar refractivity (Wildman–Crippen MR) is 130 cm³/mol. The Morgan fingerprint density at radius 1 is 1.06 bits per heavy atom. The second-order valence-electron chi connectivity index (χ2n) is 9.32. The van der Waals surface area contributed by atoms with Gasteiger partial charge in [0.25, 0.3) is 0 Å². The van der Waals surface area contributed by atoms with Gasteiger partial charge in [-0.15, -0.1) is 0 Å². The number of likely N-dealkylation sites (tertiary alicyclic amines) is 1. The van der Waals surface area contributed by atoms with Crippen LogP contribution < -0.4 is 10.1 Å². The van der Waals surface area contributed by atoms with E-state index in [2.05, 4.69) is 5.32 Å². The molecular weight excluding hydrogens is 457 g/mol. The van der Waals surface area contributed by atoms with Gasteiger partial charge in [0.1, 0.15) is 11.6 Å². The molecule has 6 nitrogen and oxygen atoms in total. The molecule has 0 unspecified atom stereocenters. The van der Waals surface area contributed by atoms with Crippen molar-refractivity contribution in [2.75, 3.05) is 26.2 Å². The standard InChI is InChI=1S/C26H31ClFN3O3/c1-17(2)31(26(33)34-22-9-7-21(28)8-10-22)24-16-30(25(32)19-11-13-29-14-12-19)15-23(24)18-3-5-20(27)6-4-18/h3-10,17,19,23-24,29H,11-16H2,1-2H3/t23-,24+/m1/s1. The molecule has 0 aromatic heterocycles. The van der Waals surface area contributed by atoms with Crippen molar-refractivity contribution in [3.05, 3.63) is 64.9 Å².